The fourth-order valence-corrected chi connectivity index (χ4v) is 5.51. The van der Waals surface area contributed by atoms with Gasteiger partial charge in [0.2, 0.25) is 5.76 Å². The zero-order chi connectivity index (χ0) is 29.0. The van der Waals surface area contributed by atoms with Crippen molar-refractivity contribution in [2.24, 2.45) is 0 Å². The Balaban J connectivity index is 1.31. The number of benzene rings is 2. The number of nitrogens with zero attached hydrogens (tertiary/aromatic N) is 2. The lowest BCUT2D eigenvalue weighted by molar-refractivity contribution is 0.0827. The monoisotopic (exact) mass is 558 g/mol. The summed E-state index contributed by atoms with van der Waals surface area (Å²) in [6.07, 6.45) is 5.77. The van der Waals surface area contributed by atoms with Gasteiger partial charge in [-0.1, -0.05) is 44.5 Å². The molecule has 1 unspecified atom stereocenters. The van der Waals surface area contributed by atoms with Crippen molar-refractivity contribution >= 4 is 17.5 Å². The Labute approximate surface area is 242 Å². The van der Waals surface area contributed by atoms with E-state index < -0.39 is 0 Å². The van der Waals surface area contributed by atoms with Gasteiger partial charge in [-0.05, 0) is 92.1 Å². The van der Waals surface area contributed by atoms with Gasteiger partial charge in [-0.2, -0.15) is 0 Å². The Kier molecular flexibility index (Phi) is 8.90. The molecule has 8 nitrogen and oxygen atoms in total. The molecule has 2 saturated heterocycles. The first kappa shape index (κ1) is 29.0. The molecule has 0 bridgehead atoms. The average Bonchev–Trinajstić information content (AvgIpc) is 3.66. The number of likely N-dealkylation sites (tertiary alicyclic amines) is 1. The number of amides is 2. The van der Waals surface area contributed by atoms with Crippen molar-refractivity contribution in [3.63, 3.8) is 0 Å². The molecule has 2 amide bonds. The lowest BCUT2D eigenvalue weighted by Gasteiger charge is -2.28. The molecule has 2 N–H and O–H groups in total. The van der Waals surface area contributed by atoms with Gasteiger partial charge >= 0.3 is 0 Å². The predicted molar refractivity (Wildman–Crippen MR) is 160 cm³/mol. The van der Waals surface area contributed by atoms with Gasteiger partial charge in [-0.15, -0.1) is 0 Å². The Bertz CT molecular complexity index is 1380. The number of aryl methyl sites for hydroxylation is 1. The number of carbonyl (C=O) groups excluding carboxylic acids is 2. The van der Waals surface area contributed by atoms with E-state index in [2.05, 4.69) is 47.5 Å². The first-order valence-electron chi connectivity index (χ1n) is 14.8. The number of ether oxygens (including phenoxy) is 1. The van der Waals surface area contributed by atoms with E-state index in [1.54, 1.807) is 6.07 Å². The molecule has 0 aliphatic carbocycles. The zero-order valence-electron chi connectivity index (χ0n) is 24.7. The van der Waals surface area contributed by atoms with Crippen LogP contribution in [-0.4, -0.2) is 54.2 Å². The molecule has 8 heteroatoms. The van der Waals surface area contributed by atoms with E-state index in [-0.39, 0.29) is 29.1 Å². The quantitative estimate of drug-likeness (QED) is 0.347. The molecule has 2 aliphatic heterocycles. The molecule has 2 aromatic carbocycles. The lowest BCUT2D eigenvalue weighted by atomic mass is 9.84. The minimum absolute atomic E-state index is 0.0498. The summed E-state index contributed by atoms with van der Waals surface area (Å²) in [6.45, 7) is 12.7. The fraction of sp³-hybridized carbons (Fsp3) is 0.485. The highest BCUT2D eigenvalue weighted by molar-refractivity contribution is 6.05. The smallest absolute Gasteiger partial charge is 0.290 e. The van der Waals surface area contributed by atoms with Gasteiger partial charge in [0.25, 0.3) is 11.8 Å². The molecule has 0 saturated carbocycles. The van der Waals surface area contributed by atoms with Gasteiger partial charge in [0.15, 0.2) is 0 Å². The topological polar surface area (TPSA) is 96.7 Å². The third kappa shape index (κ3) is 7.43. The van der Waals surface area contributed by atoms with Crippen LogP contribution in [0.4, 0.5) is 5.69 Å². The number of nitrogens with one attached hydrogen (secondary N) is 2. The Morgan fingerprint density at radius 3 is 2.54 bits per heavy atom. The number of rotatable bonds is 8. The normalized spacial score (nSPS) is 17.9. The van der Waals surface area contributed by atoms with Crippen LogP contribution in [0, 0.1) is 6.92 Å². The molecule has 1 aromatic heterocycles. The lowest BCUT2D eigenvalue weighted by Crippen LogP contribution is -2.31. The van der Waals surface area contributed by atoms with Crippen molar-refractivity contribution in [3.8, 4) is 11.3 Å². The van der Waals surface area contributed by atoms with Crippen LogP contribution in [0.15, 0.2) is 47.0 Å². The van der Waals surface area contributed by atoms with Crippen LogP contribution in [0.3, 0.4) is 0 Å². The van der Waals surface area contributed by atoms with Crippen LogP contribution < -0.4 is 10.6 Å². The van der Waals surface area contributed by atoms with E-state index in [4.69, 9.17) is 9.26 Å². The fourth-order valence-electron chi connectivity index (χ4n) is 5.51. The van der Waals surface area contributed by atoms with Crippen LogP contribution >= 0.6 is 0 Å². The molecule has 218 valence electrons. The Morgan fingerprint density at radius 2 is 1.80 bits per heavy atom. The van der Waals surface area contributed by atoms with E-state index >= 15 is 0 Å². The first-order chi connectivity index (χ1) is 19.7. The maximum absolute atomic E-state index is 13.5. The number of hydrogen-bond acceptors (Lipinski definition) is 6. The van der Waals surface area contributed by atoms with Gasteiger partial charge in [0.1, 0.15) is 5.69 Å². The number of aromatic nitrogens is 1. The van der Waals surface area contributed by atoms with Crippen molar-refractivity contribution in [2.45, 2.75) is 77.9 Å². The molecule has 3 heterocycles. The van der Waals surface area contributed by atoms with Gasteiger partial charge < -0.3 is 19.9 Å². The second-order valence-corrected chi connectivity index (χ2v) is 12.4. The summed E-state index contributed by atoms with van der Waals surface area (Å²) in [5.41, 5.74) is 5.83. The highest BCUT2D eigenvalue weighted by Gasteiger charge is 2.22. The van der Waals surface area contributed by atoms with Gasteiger partial charge in [0, 0.05) is 42.6 Å². The molecular weight excluding hydrogens is 516 g/mol. The van der Waals surface area contributed by atoms with Crippen molar-refractivity contribution in [3.05, 3.63) is 70.5 Å². The van der Waals surface area contributed by atoms with Crippen LogP contribution in [0.25, 0.3) is 11.3 Å². The minimum Gasteiger partial charge on any atom is -0.376 e. The van der Waals surface area contributed by atoms with E-state index in [1.165, 1.54) is 24.8 Å². The number of anilines is 1. The first-order valence-corrected chi connectivity index (χ1v) is 14.8. The summed E-state index contributed by atoms with van der Waals surface area (Å²) in [4.78, 5) is 28.6. The molecule has 5 rings (SSSR count). The number of piperidine rings is 1. The van der Waals surface area contributed by atoms with Gasteiger partial charge in [0.05, 0.1) is 6.10 Å². The molecule has 0 radical (unpaired) electrons. The average molecular weight is 559 g/mol. The maximum atomic E-state index is 13.5. The molecular formula is C33H42N4O4. The van der Waals surface area contributed by atoms with Gasteiger partial charge in [-0.3, -0.25) is 14.5 Å². The summed E-state index contributed by atoms with van der Waals surface area (Å²) >= 11 is 0. The van der Waals surface area contributed by atoms with E-state index in [1.807, 2.05) is 37.3 Å². The van der Waals surface area contributed by atoms with Crippen LogP contribution in [0.2, 0.25) is 0 Å². The van der Waals surface area contributed by atoms with E-state index in [0.29, 0.717) is 23.5 Å². The minimum atomic E-state index is -0.319. The van der Waals surface area contributed by atoms with Crippen molar-refractivity contribution in [1.29, 1.82) is 0 Å². The van der Waals surface area contributed by atoms with Crippen molar-refractivity contribution in [2.75, 3.05) is 31.6 Å². The summed E-state index contributed by atoms with van der Waals surface area (Å²) in [5.74, 6) is -0.326. The third-order valence-electron chi connectivity index (χ3n) is 8.00. The summed E-state index contributed by atoms with van der Waals surface area (Å²) in [6, 6.07) is 13.6. The Hall–Kier alpha value is -3.49. The molecule has 2 fully saturated rings. The van der Waals surface area contributed by atoms with E-state index in [9.17, 15) is 9.59 Å². The summed E-state index contributed by atoms with van der Waals surface area (Å²) in [5, 5.41) is 10.1. The summed E-state index contributed by atoms with van der Waals surface area (Å²) < 4.78 is 10.9. The molecule has 2 aliphatic rings. The number of carbonyl (C=O) groups is 2. The van der Waals surface area contributed by atoms with Crippen LogP contribution in [0.5, 0.6) is 0 Å². The molecule has 3 aromatic rings. The second-order valence-electron chi connectivity index (χ2n) is 12.4. The molecule has 0 spiro atoms. The SMILES string of the molecule is Cc1ccc(NC(=O)c2cc(CN3CCCCC3)cc(C(C)(C)C)c2)cc1-c1cc(C(=O)NCC2CCCO2)on1. The van der Waals surface area contributed by atoms with Crippen LogP contribution in [0.1, 0.15) is 90.5 Å². The predicted octanol–water partition coefficient (Wildman–Crippen LogP) is 6.09. The van der Waals surface area contributed by atoms with Crippen molar-refractivity contribution in [1.82, 2.24) is 15.4 Å². The van der Waals surface area contributed by atoms with Crippen molar-refractivity contribution < 1.29 is 18.8 Å². The maximum Gasteiger partial charge on any atom is 0.290 e. The van der Waals surface area contributed by atoms with Crippen LogP contribution in [-0.2, 0) is 16.7 Å². The van der Waals surface area contributed by atoms with Gasteiger partial charge in [-0.25, -0.2) is 0 Å². The summed E-state index contributed by atoms with van der Waals surface area (Å²) in [7, 11) is 0. The molecule has 1 atom stereocenters. The van der Waals surface area contributed by atoms with E-state index in [0.717, 1.165) is 55.8 Å². The zero-order valence-corrected chi connectivity index (χ0v) is 24.7. The largest absolute Gasteiger partial charge is 0.376 e. The number of hydrogen-bond donors (Lipinski definition) is 2. The second kappa shape index (κ2) is 12.6. The highest BCUT2D eigenvalue weighted by Crippen LogP contribution is 2.29. The third-order valence-corrected chi connectivity index (χ3v) is 8.00. The molecule has 41 heavy (non-hydrogen) atoms. The Morgan fingerprint density at radius 1 is 1.00 bits per heavy atom. The standard InChI is InChI=1S/C33H42N4O4/c1-22-10-11-26(18-28(22)29-19-30(41-36-29)32(39)34-20-27-9-8-14-40-27)35-31(38)24-15-23(16-25(17-24)33(2,3)4)21-37-12-6-5-7-13-37/h10-11,15-19,27H,5-9,12-14,20-21H2,1-4H3,(H,34,39)(H,35,38). The highest BCUT2D eigenvalue weighted by atomic mass is 16.5.